The Morgan fingerprint density at radius 2 is 2.00 bits per heavy atom. The van der Waals surface area contributed by atoms with E-state index in [0.717, 1.165) is 11.1 Å². The van der Waals surface area contributed by atoms with E-state index in [2.05, 4.69) is 9.97 Å². The molecule has 0 fully saturated rings. The lowest BCUT2D eigenvalue weighted by atomic mass is 10.1. The van der Waals surface area contributed by atoms with E-state index >= 15 is 0 Å². The molecule has 108 valence electrons. The second-order valence-corrected chi connectivity index (χ2v) is 4.41. The van der Waals surface area contributed by atoms with E-state index in [0.29, 0.717) is 29.8 Å². The normalized spacial score (nSPS) is 13.0. The topological polar surface area (TPSA) is 53.5 Å². The number of aromatic nitrogens is 2. The Morgan fingerprint density at radius 3 is 2.76 bits per heavy atom. The molecular formula is C15H13FN2O3. The van der Waals surface area contributed by atoms with Gasteiger partial charge < -0.3 is 14.2 Å². The van der Waals surface area contributed by atoms with Gasteiger partial charge in [0.15, 0.2) is 0 Å². The molecule has 0 N–H and O–H groups in total. The standard InChI is InChI=1S/C15H13FN2O3/c1-19-14-15(20-2)18-12(7-17-14)10-5-9-3-4-11(16)6-13(9)21-8-10/h3-7H,8H2,1-2H3. The molecule has 2 heterocycles. The van der Waals surface area contributed by atoms with Crippen LogP contribution in [0.1, 0.15) is 11.3 Å². The molecule has 2 aromatic rings. The van der Waals surface area contributed by atoms with Gasteiger partial charge in [-0.15, -0.1) is 0 Å². The number of methoxy groups -OCH3 is 2. The van der Waals surface area contributed by atoms with Crippen molar-refractivity contribution in [3.05, 3.63) is 41.5 Å². The fourth-order valence-electron chi connectivity index (χ4n) is 2.07. The molecule has 0 unspecified atom stereocenters. The van der Waals surface area contributed by atoms with Gasteiger partial charge in [0.1, 0.15) is 18.2 Å². The zero-order chi connectivity index (χ0) is 14.8. The molecule has 0 saturated heterocycles. The first-order valence-corrected chi connectivity index (χ1v) is 6.29. The summed E-state index contributed by atoms with van der Waals surface area (Å²) < 4.78 is 28.9. The Morgan fingerprint density at radius 1 is 1.19 bits per heavy atom. The van der Waals surface area contributed by atoms with Crippen LogP contribution >= 0.6 is 0 Å². The summed E-state index contributed by atoms with van der Waals surface area (Å²) in [5.74, 6) is 0.825. The lowest BCUT2D eigenvalue weighted by molar-refractivity contribution is 0.330. The number of ether oxygens (including phenoxy) is 3. The van der Waals surface area contributed by atoms with E-state index in [9.17, 15) is 4.39 Å². The first-order chi connectivity index (χ1) is 10.2. The second kappa shape index (κ2) is 5.40. The highest BCUT2D eigenvalue weighted by molar-refractivity contribution is 5.84. The van der Waals surface area contributed by atoms with Crippen LogP contribution in [0.25, 0.3) is 11.6 Å². The Bertz CT molecular complexity index is 716. The molecule has 0 atom stereocenters. The minimum absolute atomic E-state index is 0.292. The average Bonchev–Trinajstić information content (AvgIpc) is 2.53. The number of rotatable bonds is 3. The number of hydrogen-bond donors (Lipinski definition) is 0. The van der Waals surface area contributed by atoms with E-state index < -0.39 is 0 Å². The molecule has 1 aliphatic heterocycles. The predicted octanol–water partition coefficient (Wildman–Crippen LogP) is 2.57. The molecular weight excluding hydrogens is 275 g/mol. The van der Waals surface area contributed by atoms with Crippen LogP contribution < -0.4 is 14.2 Å². The van der Waals surface area contributed by atoms with Crippen molar-refractivity contribution in [2.24, 2.45) is 0 Å². The van der Waals surface area contributed by atoms with E-state index in [-0.39, 0.29) is 5.82 Å². The molecule has 0 radical (unpaired) electrons. The molecule has 0 spiro atoms. The number of benzene rings is 1. The molecule has 21 heavy (non-hydrogen) atoms. The zero-order valence-electron chi connectivity index (χ0n) is 11.6. The molecule has 6 heteroatoms. The van der Waals surface area contributed by atoms with Crippen molar-refractivity contribution in [3.8, 4) is 17.5 Å². The van der Waals surface area contributed by atoms with Gasteiger partial charge in [0, 0.05) is 17.2 Å². The van der Waals surface area contributed by atoms with Crippen molar-refractivity contribution in [1.29, 1.82) is 0 Å². The molecule has 0 amide bonds. The van der Waals surface area contributed by atoms with Crippen LogP contribution in [0.2, 0.25) is 0 Å². The number of halogens is 1. The lowest BCUT2D eigenvalue weighted by Crippen LogP contribution is -2.09. The molecule has 1 aromatic heterocycles. The minimum atomic E-state index is -0.323. The number of fused-ring (bicyclic) bond motifs is 1. The third kappa shape index (κ3) is 2.52. The van der Waals surface area contributed by atoms with Crippen LogP contribution in [0.5, 0.6) is 17.5 Å². The minimum Gasteiger partial charge on any atom is -0.488 e. The quantitative estimate of drug-likeness (QED) is 0.869. The van der Waals surface area contributed by atoms with E-state index in [1.54, 1.807) is 12.3 Å². The van der Waals surface area contributed by atoms with Crippen LogP contribution in [0.4, 0.5) is 4.39 Å². The van der Waals surface area contributed by atoms with Gasteiger partial charge in [0.2, 0.25) is 0 Å². The van der Waals surface area contributed by atoms with Crippen LogP contribution in [0.15, 0.2) is 24.4 Å². The Hall–Kier alpha value is -2.63. The monoisotopic (exact) mass is 288 g/mol. The summed E-state index contributed by atoms with van der Waals surface area (Å²) in [6, 6.07) is 4.42. The first kappa shape index (κ1) is 13.4. The Balaban J connectivity index is 2.00. The van der Waals surface area contributed by atoms with Crippen molar-refractivity contribution in [2.75, 3.05) is 20.8 Å². The maximum atomic E-state index is 13.1. The van der Waals surface area contributed by atoms with Gasteiger partial charge in [-0.3, -0.25) is 0 Å². The van der Waals surface area contributed by atoms with E-state index in [1.165, 1.54) is 26.4 Å². The zero-order valence-corrected chi connectivity index (χ0v) is 11.6. The van der Waals surface area contributed by atoms with Gasteiger partial charge in [-0.05, 0) is 18.2 Å². The molecule has 0 bridgehead atoms. The van der Waals surface area contributed by atoms with Crippen LogP contribution in [-0.4, -0.2) is 30.8 Å². The second-order valence-electron chi connectivity index (χ2n) is 4.41. The first-order valence-electron chi connectivity index (χ1n) is 6.29. The van der Waals surface area contributed by atoms with Gasteiger partial charge in [0.25, 0.3) is 11.8 Å². The molecule has 0 saturated carbocycles. The predicted molar refractivity (Wildman–Crippen MR) is 74.9 cm³/mol. The third-order valence-electron chi connectivity index (χ3n) is 3.11. The van der Waals surface area contributed by atoms with E-state index in [1.807, 2.05) is 6.08 Å². The van der Waals surface area contributed by atoms with Crippen molar-refractivity contribution >= 4 is 11.6 Å². The summed E-state index contributed by atoms with van der Waals surface area (Å²) >= 11 is 0. The largest absolute Gasteiger partial charge is 0.488 e. The van der Waals surface area contributed by atoms with Crippen molar-refractivity contribution < 1.29 is 18.6 Å². The third-order valence-corrected chi connectivity index (χ3v) is 3.11. The Kier molecular flexibility index (Phi) is 3.43. The van der Waals surface area contributed by atoms with Crippen LogP contribution in [0, 0.1) is 5.82 Å². The highest BCUT2D eigenvalue weighted by atomic mass is 19.1. The lowest BCUT2D eigenvalue weighted by Gasteiger charge is -2.18. The van der Waals surface area contributed by atoms with E-state index in [4.69, 9.17) is 14.2 Å². The molecule has 3 rings (SSSR count). The molecule has 0 aliphatic carbocycles. The SMILES string of the molecule is COc1ncc(C2=Cc3ccc(F)cc3OC2)nc1OC. The summed E-state index contributed by atoms with van der Waals surface area (Å²) in [6.45, 7) is 0.292. The van der Waals surface area contributed by atoms with Crippen molar-refractivity contribution in [1.82, 2.24) is 9.97 Å². The maximum absolute atomic E-state index is 13.1. The van der Waals surface area contributed by atoms with Gasteiger partial charge in [-0.25, -0.2) is 14.4 Å². The highest BCUT2D eigenvalue weighted by Crippen LogP contribution is 2.31. The molecule has 5 nitrogen and oxygen atoms in total. The van der Waals surface area contributed by atoms with Gasteiger partial charge in [-0.1, -0.05) is 0 Å². The van der Waals surface area contributed by atoms with Gasteiger partial charge in [0.05, 0.1) is 26.1 Å². The van der Waals surface area contributed by atoms with Crippen molar-refractivity contribution in [2.45, 2.75) is 0 Å². The van der Waals surface area contributed by atoms with Crippen LogP contribution in [-0.2, 0) is 0 Å². The van der Waals surface area contributed by atoms with Crippen LogP contribution in [0.3, 0.4) is 0 Å². The average molecular weight is 288 g/mol. The van der Waals surface area contributed by atoms with Gasteiger partial charge in [-0.2, -0.15) is 0 Å². The highest BCUT2D eigenvalue weighted by Gasteiger charge is 2.17. The number of nitrogens with zero attached hydrogens (tertiary/aromatic N) is 2. The maximum Gasteiger partial charge on any atom is 0.278 e. The molecule has 1 aliphatic rings. The smallest absolute Gasteiger partial charge is 0.278 e. The Labute approximate surface area is 121 Å². The summed E-state index contributed by atoms with van der Waals surface area (Å²) in [4.78, 5) is 8.49. The summed E-state index contributed by atoms with van der Waals surface area (Å²) in [5, 5.41) is 0. The summed E-state index contributed by atoms with van der Waals surface area (Å²) in [6.07, 6.45) is 3.49. The number of hydrogen-bond acceptors (Lipinski definition) is 5. The fourth-order valence-corrected chi connectivity index (χ4v) is 2.07. The van der Waals surface area contributed by atoms with Gasteiger partial charge >= 0.3 is 0 Å². The summed E-state index contributed by atoms with van der Waals surface area (Å²) in [5.41, 5.74) is 2.26. The van der Waals surface area contributed by atoms with Crippen molar-refractivity contribution in [3.63, 3.8) is 0 Å². The molecule has 1 aromatic carbocycles. The summed E-state index contributed by atoms with van der Waals surface area (Å²) in [7, 11) is 3.00. The fraction of sp³-hybridized carbons (Fsp3) is 0.200.